The number of aromatic nitrogens is 1. The highest BCUT2D eigenvalue weighted by Crippen LogP contribution is 2.31. The number of nitrogens with one attached hydrogen (secondary N) is 1. The Morgan fingerprint density at radius 1 is 1.19 bits per heavy atom. The van der Waals surface area contributed by atoms with E-state index in [4.69, 9.17) is 4.74 Å². The average molecular weight is 492 g/mol. The van der Waals surface area contributed by atoms with E-state index >= 15 is 0 Å². The molecule has 0 atom stereocenters. The fraction of sp³-hybridized carbons (Fsp3) is 0.364. The molecule has 0 saturated carbocycles. The minimum atomic E-state index is -3.62. The van der Waals surface area contributed by atoms with Crippen molar-refractivity contribution < 1.29 is 17.9 Å². The lowest BCUT2D eigenvalue weighted by Gasteiger charge is -2.26. The van der Waals surface area contributed by atoms with Crippen LogP contribution in [0.4, 0.5) is 5.69 Å². The summed E-state index contributed by atoms with van der Waals surface area (Å²) in [6, 6.07) is 8.60. The van der Waals surface area contributed by atoms with Crippen LogP contribution in [0.5, 0.6) is 5.75 Å². The SMILES string of the molecule is CCOc1ccc(S(=O)(=O)N2CCCCC2)cc1NC(=O)Cc1csc(-c2cccs2)n1. The second-order valence-electron chi connectivity index (χ2n) is 7.40. The van der Waals surface area contributed by atoms with Crippen LogP contribution in [0.15, 0.2) is 46.0 Å². The Balaban J connectivity index is 1.52. The Labute approximate surface area is 196 Å². The van der Waals surface area contributed by atoms with Crippen LogP contribution in [0.25, 0.3) is 9.88 Å². The Bertz CT molecular complexity index is 1170. The fourth-order valence-corrected chi connectivity index (χ4v) is 6.74. The molecule has 32 heavy (non-hydrogen) atoms. The molecule has 1 saturated heterocycles. The van der Waals surface area contributed by atoms with Gasteiger partial charge in [0.25, 0.3) is 0 Å². The fourth-order valence-electron chi connectivity index (χ4n) is 3.56. The third-order valence-corrected chi connectivity index (χ3v) is 8.93. The zero-order chi connectivity index (χ0) is 22.6. The van der Waals surface area contributed by atoms with Crippen molar-refractivity contribution in [3.05, 3.63) is 46.8 Å². The molecule has 0 aliphatic carbocycles. The summed E-state index contributed by atoms with van der Waals surface area (Å²) >= 11 is 3.10. The van der Waals surface area contributed by atoms with Crippen LogP contribution < -0.4 is 10.1 Å². The lowest BCUT2D eigenvalue weighted by Crippen LogP contribution is -2.35. The molecule has 1 amide bonds. The molecule has 170 valence electrons. The molecule has 1 N–H and O–H groups in total. The second-order valence-corrected chi connectivity index (χ2v) is 11.1. The van der Waals surface area contributed by atoms with Crippen molar-refractivity contribution in [2.45, 2.75) is 37.5 Å². The number of carbonyl (C=O) groups excluding carboxylic acids is 1. The van der Waals surface area contributed by atoms with Crippen LogP contribution in [-0.4, -0.2) is 43.3 Å². The molecule has 1 aromatic carbocycles. The number of anilines is 1. The first-order chi connectivity index (χ1) is 15.5. The number of carbonyl (C=O) groups is 1. The predicted octanol–water partition coefficient (Wildman–Crippen LogP) is 4.63. The smallest absolute Gasteiger partial charge is 0.243 e. The number of piperidine rings is 1. The van der Waals surface area contributed by atoms with Gasteiger partial charge in [0.1, 0.15) is 10.8 Å². The molecule has 0 spiro atoms. The van der Waals surface area contributed by atoms with Gasteiger partial charge in [0.05, 0.1) is 34.2 Å². The lowest BCUT2D eigenvalue weighted by molar-refractivity contribution is -0.115. The summed E-state index contributed by atoms with van der Waals surface area (Å²) < 4.78 is 33.3. The second kappa shape index (κ2) is 10.1. The monoisotopic (exact) mass is 491 g/mol. The molecule has 0 unspecified atom stereocenters. The van der Waals surface area contributed by atoms with E-state index < -0.39 is 10.0 Å². The van der Waals surface area contributed by atoms with Crippen LogP contribution in [0.3, 0.4) is 0 Å². The topological polar surface area (TPSA) is 88.6 Å². The number of sulfonamides is 1. The van der Waals surface area contributed by atoms with Gasteiger partial charge < -0.3 is 10.1 Å². The van der Waals surface area contributed by atoms with Gasteiger partial charge in [0, 0.05) is 18.5 Å². The average Bonchev–Trinajstić information content (AvgIpc) is 3.48. The van der Waals surface area contributed by atoms with Crippen molar-refractivity contribution in [1.82, 2.24) is 9.29 Å². The van der Waals surface area contributed by atoms with E-state index in [0.717, 1.165) is 29.1 Å². The molecular weight excluding hydrogens is 466 g/mol. The number of amides is 1. The number of nitrogens with zero attached hydrogens (tertiary/aromatic N) is 2. The number of ether oxygens (including phenoxy) is 1. The molecule has 0 radical (unpaired) electrons. The van der Waals surface area contributed by atoms with E-state index in [-0.39, 0.29) is 17.2 Å². The molecule has 0 bridgehead atoms. The number of thiophene rings is 1. The first-order valence-electron chi connectivity index (χ1n) is 10.5. The quantitative estimate of drug-likeness (QED) is 0.496. The Morgan fingerprint density at radius 2 is 2.00 bits per heavy atom. The van der Waals surface area contributed by atoms with Gasteiger partial charge in [-0.15, -0.1) is 22.7 Å². The largest absolute Gasteiger partial charge is 0.492 e. The van der Waals surface area contributed by atoms with Gasteiger partial charge in [-0.25, -0.2) is 13.4 Å². The van der Waals surface area contributed by atoms with Crippen LogP contribution >= 0.6 is 22.7 Å². The van der Waals surface area contributed by atoms with Gasteiger partial charge >= 0.3 is 0 Å². The van der Waals surface area contributed by atoms with Crippen LogP contribution in [0.2, 0.25) is 0 Å². The van der Waals surface area contributed by atoms with E-state index in [2.05, 4.69) is 10.3 Å². The van der Waals surface area contributed by atoms with Gasteiger partial charge in [-0.1, -0.05) is 12.5 Å². The molecule has 2 aromatic heterocycles. The number of hydrogen-bond acceptors (Lipinski definition) is 7. The lowest BCUT2D eigenvalue weighted by atomic mass is 10.2. The first-order valence-corrected chi connectivity index (χ1v) is 13.7. The number of hydrogen-bond donors (Lipinski definition) is 1. The molecule has 4 rings (SSSR count). The molecule has 3 aromatic rings. The highest BCUT2D eigenvalue weighted by molar-refractivity contribution is 7.89. The highest BCUT2D eigenvalue weighted by Gasteiger charge is 2.27. The molecule has 1 aliphatic heterocycles. The van der Waals surface area contributed by atoms with Crippen LogP contribution in [0, 0.1) is 0 Å². The summed E-state index contributed by atoms with van der Waals surface area (Å²) in [5.41, 5.74) is 1.02. The summed E-state index contributed by atoms with van der Waals surface area (Å²) in [6.07, 6.45) is 2.86. The minimum absolute atomic E-state index is 0.0938. The standard InChI is InChI=1S/C22H25N3O4S3/c1-2-29-19-9-8-17(32(27,28)25-10-4-3-5-11-25)14-18(19)24-21(26)13-16-15-31-22(23-16)20-7-6-12-30-20/h6-9,12,14-15H,2-5,10-11,13H2,1H3,(H,24,26). The van der Waals surface area contributed by atoms with Gasteiger partial charge in [-0.3, -0.25) is 4.79 Å². The van der Waals surface area contributed by atoms with Gasteiger partial charge in [-0.2, -0.15) is 4.31 Å². The summed E-state index contributed by atoms with van der Waals surface area (Å²) in [4.78, 5) is 18.5. The first kappa shape index (κ1) is 22.9. The Hall–Kier alpha value is -2.27. The maximum atomic E-state index is 13.1. The number of rotatable bonds is 8. The number of benzene rings is 1. The molecule has 1 aliphatic rings. The van der Waals surface area contributed by atoms with Crippen LogP contribution in [-0.2, 0) is 21.2 Å². The molecular formula is C22H25N3O4S3. The Morgan fingerprint density at radius 3 is 2.72 bits per heavy atom. The van der Waals surface area contributed by atoms with E-state index in [0.29, 0.717) is 36.8 Å². The van der Waals surface area contributed by atoms with E-state index in [9.17, 15) is 13.2 Å². The van der Waals surface area contributed by atoms with Crippen molar-refractivity contribution in [3.8, 4) is 15.6 Å². The van der Waals surface area contributed by atoms with E-state index in [1.54, 1.807) is 23.5 Å². The van der Waals surface area contributed by atoms with Crippen molar-refractivity contribution in [1.29, 1.82) is 0 Å². The predicted molar refractivity (Wildman–Crippen MR) is 128 cm³/mol. The van der Waals surface area contributed by atoms with Crippen molar-refractivity contribution in [2.75, 3.05) is 25.0 Å². The third kappa shape index (κ3) is 5.20. The van der Waals surface area contributed by atoms with Gasteiger partial charge in [-0.05, 0) is 49.4 Å². The minimum Gasteiger partial charge on any atom is -0.492 e. The molecule has 1 fully saturated rings. The summed E-state index contributed by atoms with van der Waals surface area (Å²) in [7, 11) is -3.62. The summed E-state index contributed by atoms with van der Waals surface area (Å²) in [5, 5.41) is 7.57. The molecule has 3 heterocycles. The summed E-state index contributed by atoms with van der Waals surface area (Å²) in [5.74, 6) is 0.164. The third-order valence-electron chi connectivity index (χ3n) is 5.10. The van der Waals surface area contributed by atoms with E-state index in [1.165, 1.54) is 21.7 Å². The normalized spacial score (nSPS) is 14.9. The van der Waals surface area contributed by atoms with Crippen molar-refractivity contribution in [2.24, 2.45) is 0 Å². The van der Waals surface area contributed by atoms with Gasteiger partial charge in [0.15, 0.2) is 0 Å². The maximum Gasteiger partial charge on any atom is 0.243 e. The van der Waals surface area contributed by atoms with E-state index in [1.807, 2.05) is 29.8 Å². The zero-order valence-corrected chi connectivity index (χ0v) is 20.2. The molecule has 10 heteroatoms. The number of thiazole rings is 1. The maximum absolute atomic E-state index is 13.1. The Kier molecular flexibility index (Phi) is 7.24. The van der Waals surface area contributed by atoms with Crippen molar-refractivity contribution in [3.63, 3.8) is 0 Å². The summed E-state index contributed by atoms with van der Waals surface area (Å²) in [6.45, 7) is 3.28. The van der Waals surface area contributed by atoms with Gasteiger partial charge in [0.2, 0.25) is 15.9 Å². The van der Waals surface area contributed by atoms with Crippen molar-refractivity contribution >= 4 is 44.3 Å². The van der Waals surface area contributed by atoms with Crippen LogP contribution in [0.1, 0.15) is 31.9 Å². The highest BCUT2D eigenvalue weighted by atomic mass is 32.2. The zero-order valence-electron chi connectivity index (χ0n) is 17.7. The molecule has 7 nitrogen and oxygen atoms in total.